The summed E-state index contributed by atoms with van der Waals surface area (Å²) in [5.74, 6) is -1.01. The van der Waals surface area contributed by atoms with Crippen LogP contribution in [0.3, 0.4) is 0 Å². The van der Waals surface area contributed by atoms with Crippen LogP contribution < -0.4 is 5.32 Å². The van der Waals surface area contributed by atoms with E-state index >= 15 is 0 Å². The summed E-state index contributed by atoms with van der Waals surface area (Å²) in [6.07, 6.45) is 0. The molecule has 17 heavy (non-hydrogen) atoms. The van der Waals surface area contributed by atoms with E-state index in [1.165, 1.54) is 0 Å². The summed E-state index contributed by atoms with van der Waals surface area (Å²) in [5.41, 5.74) is 0.983. The van der Waals surface area contributed by atoms with E-state index < -0.39 is 5.97 Å². The maximum absolute atomic E-state index is 10.6. The maximum Gasteiger partial charge on any atom is 0.332 e. The van der Waals surface area contributed by atoms with Crippen LogP contribution in [0.15, 0.2) is 30.4 Å². The SMILES string of the molecule is C=C(CNC(C)c1ccc(Cl)cc1Cl)C(=O)O. The number of carboxylic acid groups (broad SMARTS) is 1. The standard InChI is InChI=1S/C12H13Cl2NO2/c1-7(12(16)17)6-15-8(2)10-4-3-9(13)5-11(10)14/h3-5,8,15H,1,6H2,2H3,(H,16,17). The molecule has 0 radical (unpaired) electrons. The second-order valence-corrected chi connectivity index (χ2v) is 4.52. The molecule has 0 fully saturated rings. The van der Waals surface area contributed by atoms with Crippen LogP contribution in [0.4, 0.5) is 0 Å². The molecular weight excluding hydrogens is 261 g/mol. The average Bonchev–Trinajstić information content (AvgIpc) is 2.25. The lowest BCUT2D eigenvalue weighted by Crippen LogP contribution is -2.23. The van der Waals surface area contributed by atoms with Crippen molar-refractivity contribution < 1.29 is 9.90 Å². The molecule has 0 aliphatic carbocycles. The van der Waals surface area contributed by atoms with Crippen molar-refractivity contribution in [2.24, 2.45) is 0 Å². The van der Waals surface area contributed by atoms with Crippen molar-refractivity contribution in [3.63, 3.8) is 0 Å². The average molecular weight is 274 g/mol. The summed E-state index contributed by atoms with van der Waals surface area (Å²) in [6, 6.07) is 5.14. The van der Waals surface area contributed by atoms with Crippen molar-refractivity contribution in [1.29, 1.82) is 0 Å². The van der Waals surface area contributed by atoms with Crippen LogP contribution in [-0.4, -0.2) is 17.6 Å². The molecule has 0 saturated heterocycles. The fraction of sp³-hybridized carbons (Fsp3) is 0.250. The van der Waals surface area contributed by atoms with Crippen LogP contribution in [0.5, 0.6) is 0 Å². The van der Waals surface area contributed by atoms with Gasteiger partial charge in [0.05, 0.1) is 0 Å². The first-order valence-corrected chi connectivity index (χ1v) is 5.77. The molecule has 0 bridgehead atoms. The highest BCUT2D eigenvalue weighted by Crippen LogP contribution is 2.25. The quantitative estimate of drug-likeness (QED) is 0.810. The van der Waals surface area contributed by atoms with Gasteiger partial charge in [0.1, 0.15) is 0 Å². The van der Waals surface area contributed by atoms with Crippen LogP contribution in [0.2, 0.25) is 10.0 Å². The van der Waals surface area contributed by atoms with Crippen LogP contribution in [0.25, 0.3) is 0 Å². The Balaban J connectivity index is 2.67. The van der Waals surface area contributed by atoms with Gasteiger partial charge >= 0.3 is 5.97 Å². The lowest BCUT2D eigenvalue weighted by molar-refractivity contribution is -0.132. The van der Waals surface area contributed by atoms with Crippen molar-refractivity contribution in [2.75, 3.05) is 6.54 Å². The summed E-state index contributed by atoms with van der Waals surface area (Å²) >= 11 is 11.8. The molecule has 1 rings (SSSR count). The third-order valence-electron chi connectivity index (χ3n) is 2.35. The zero-order chi connectivity index (χ0) is 13.0. The normalized spacial score (nSPS) is 12.2. The van der Waals surface area contributed by atoms with E-state index in [1.54, 1.807) is 12.1 Å². The zero-order valence-electron chi connectivity index (χ0n) is 9.34. The van der Waals surface area contributed by atoms with E-state index in [0.717, 1.165) is 5.56 Å². The molecule has 3 nitrogen and oxygen atoms in total. The fourth-order valence-electron chi connectivity index (χ4n) is 1.31. The molecular formula is C12H13Cl2NO2. The lowest BCUT2D eigenvalue weighted by atomic mass is 10.1. The molecule has 5 heteroatoms. The topological polar surface area (TPSA) is 49.3 Å². The number of hydrogen-bond acceptors (Lipinski definition) is 2. The highest BCUT2D eigenvalue weighted by Gasteiger charge is 2.11. The first kappa shape index (κ1) is 14.0. The summed E-state index contributed by atoms with van der Waals surface area (Å²) < 4.78 is 0. The zero-order valence-corrected chi connectivity index (χ0v) is 10.8. The second-order valence-electron chi connectivity index (χ2n) is 3.68. The van der Waals surface area contributed by atoms with Crippen LogP contribution in [0, 0.1) is 0 Å². The number of aliphatic carboxylic acids is 1. The Morgan fingerprint density at radius 3 is 2.71 bits per heavy atom. The Bertz CT molecular complexity index is 446. The summed E-state index contributed by atoms with van der Waals surface area (Å²) in [5, 5.41) is 12.8. The summed E-state index contributed by atoms with van der Waals surface area (Å²) in [6.45, 7) is 5.54. The van der Waals surface area contributed by atoms with Gasteiger partial charge in [0.2, 0.25) is 0 Å². The Morgan fingerprint density at radius 1 is 1.53 bits per heavy atom. The molecule has 0 amide bonds. The molecule has 0 heterocycles. The van der Waals surface area contributed by atoms with Crippen molar-refractivity contribution in [2.45, 2.75) is 13.0 Å². The van der Waals surface area contributed by atoms with Crippen molar-refractivity contribution in [3.8, 4) is 0 Å². The largest absolute Gasteiger partial charge is 0.478 e. The number of carbonyl (C=O) groups is 1. The third kappa shape index (κ3) is 4.04. The first-order chi connectivity index (χ1) is 7.91. The van der Waals surface area contributed by atoms with E-state index in [2.05, 4.69) is 11.9 Å². The van der Waals surface area contributed by atoms with E-state index in [0.29, 0.717) is 10.0 Å². The first-order valence-electron chi connectivity index (χ1n) is 5.01. The summed E-state index contributed by atoms with van der Waals surface area (Å²) in [4.78, 5) is 10.6. The lowest BCUT2D eigenvalue weighted by Gasteiger charge is -2.15. The molecule has 0 spiro atoms. The third-order valence-corrected chi connectivity index (χ3v) is 2.92. The van der Waals surface area contributed by atoms with Crippen molar-refractivity contribution in [3.05, 3.63) is 46.0 Å². The second kappa shape index (κ2) is 6.05. The van der Waals surface area contributed by atoms with Crippen LogP contribution in [0.1, 0.15) is 18.5 Å². The molecule has 1 aromatic carbocycles. The smallest absolute Gasteiger partial charge is 0.332 e. The Labute approximate surface area is 110 Å². The molecule has 1 aromatic rings. The van der Waals surface area contributed by atoms with Gasteiger partial charge in [0.25, 0.3) is 0 Å². The molecule has 92 valence electrons. The highest BCUT2D eigenvalue weighted by molar-refractivity contribution is 6.35. The molecule has 1 unspecified atom stereocenters. The Hall–Kier alpha value is -1.03. The van der Waals surface area contributed by atoms with Gasteiger partial charge in [-0.3, -0.25) is 0 Å². The van der Waals surface area contributed by atoms with Gasteiger partial charge in [-0.1, -0.05) is 35.8 Å². The Morgan fingerprint density at radius 2 is 2.18 bits per heavy atom. The number of carboxylic acids is 1. The minimum Gasteiger partial charge on any atom is -0.478 e. The minimum absolute atomic E-state index is 0.0733. The molecule has 0 saturated carbocycles. The fourth-order valence-corrected chi connectivity index (χ4v) is 1.89. The van der Waals surface area contributed by atoms with Gasteiger partial charge in [0.15, 0.2) is 0 Å². The van der Waals surface area contributed by atoms with Crippen LogP contribution >= 0.6 is 23.2 Å². The Kier molecular flexibility index (Phi) is 5.00. The maximum atomic E-state index is 10.6. The molecule has 0 aromatic heterocycles. The van der Waals surface area contributed by atoms with E-state index in [-0.39, 0.29) is 18.2 Å². The minimum atomic E-state index is -1.01. The van der Waals surface area contributed by atoms with Crippen LogP contribution in [-0.2, 0) is 4.79 Å². The van der Waals surface area contributed by atoms with Gasteiger partial charge < -0.3 is 10.4 Å². The van der Waals surface area contributed by atoms with E-state index in [1.807, 2.05) is 13.0 Å². The van der Waals surface area contributed by atoms with Gasteiger partial charge in [-0.15, -0.1) is 0 Å². The summed E-state index contributed by atoms with van der Waals surface area (Å²) in [7, 11) is 0. The van der Waals surface area contributed by atoms with Gasteiger partial charge in [-0.05, 0) is 24.6 Å². The number of hydrogen-bond donors (Lipinski definition) is 2. The number of benzene rings is 1. The van der Waals surface area contributed by atoms with Gasteiger partial charge in [-0.25, -0.2) is 4.79 Å². The molecule has 0 aliphatic heterocycles. The van der Waals surface area contributed by atoms with Crippen molar-refractivity contribution >= 4 is 29.2 Å². The molecule has 0 aliphatic rings. The number of halogens is 2. The van der Waals surface area contributed by atoms with E-state index in [9.17, 15) is 4.79 Å². The predicted molar refractivity (Wildman–Crippen MR) is 69.7 cm³/mol. The molecule has 1 atom stereocenters. The highest BCUT2D eigenvalue weighted by atomic mass is 35.5. The number of rotatable bonds is 5. The van der Waals surface area contributed by atoms with Gasteiger partial charge in [-0.2, -0.15) is 0 Å². The molecule has 2 N–H and O–H groups in total. The van der Waals surface area contributed by atoms with Gasteiger partial charge in [0, 0.05) is 28.2 Å². The number of nitrogens with one attached hydrogen (secondary N) is 1. The van der Waals surface area contributed by atoms with Crippen molar-refractivity contribution in [1.82, 2.24) is 5.32 Å². The van der Waals surface area contributed by atoms with E-state index in [4.69, 9.17) is 28.3 Å². The predicted octanol–water partition coefficient (Wildman–Crippen LogP) is 3.28. The monoisotopic (exact) mass is 273 g/mol.